The Bertz CT molecular complexity index is 1720. The second-order valence-corrected chi connectivity index (χ2v) is 9.52. The van der Waals surface area contributed by atoms with E-state index in [-0.39, 0.29) is 30.5 Å². The molecule has 0 fully saturated rings. The van der Waals surface area contributed by atoms with Crippen molar-refractivity contribution in [3.05, 3.63) is 124 Å². The van der Waals surface area contributed by atoms with E-state index >= 15 is 0 Å². The van der Waals surface area contributed by atoms with Crippen molar-refractivity contribution < 1.29 is 18.7 Å². The highest BCUT2D eigenvalue weighted by molar-refractivity contribution is 5.94. The lowest BCUT2D eigenvalue weighted by atomic mass is 9.84. The summed E-state index contributed by atoms with van der Waals surface area (Å²) in [5, 5.41) is 14.4. The summed E-state index contributed by atoms with van der Waals surface area (Å²) < 4.78 is 26.6. The number of hydrogen-bond acceptors (Lipinski definition) is 6. The average Bonchev–Trinajstić information content (AvgIpc) is 3.72. The van der Waals surface area contributed by atoms with Gasteiger partial charge in [-0.25, -0.2) is 9.07 Å². The molecule has 192 valence electrons. The zero-order valence-electron chi connectivity index (χ0n) is 20.8. The Morgan fingerprint density at radius 2 is 1.67 bits per heavy atom. The molecule has 0 spiro atoms. The quantitative estimate of drug-likeness (QED) is 0.342. The van der Waals surface area contributed by atoms with Crippen LogP contribution in [-0.2, 0) is 11.3 Å². The molecule has 39 heavy (non-hydrogen) atoms. The lowest BCUT2D eigenvalue weighted by Crippen LogP contribution is -2.24. The van der Waals surface area contributed by atoms with Gasteiger partial charge in [0, 0.05) is 17.7 Å². The summed E-state index contributed by atoms with van der Waals surface area (Å²) in [4.78, 5) is 13.2. The molecule has 2 aliphatic heterocycles. The van der Waals surface area contributed by atoms with Crippen molar-refractivity contribution in [2.24, 2.45) is 0 Å². The Balaban J connectivity index is 1.12. The predicted octanol–water partition coefficient (Wildman–Crippen LogP) is 4.93. The van der Waals surface area contributed by atoms with E-state index in [9.17, 15) is 9.18 Å². The van der Waals surface area contributed by atoms with Gasteiger partial charge in [-0.15, -0.1) is 5.10 Å². The van der Waals surface area contributed by atoms with Crippen LogP contribution >= 0.6 is 0 Å². The lowest BCUT2D eigenvalue weighted by Gasteiger charge is -2.18. The highest BCUT2D eigenvalue weighted by Gasteiger charge is 2.43. The highest BCUT2D eigenvalue weighted by Crippen LogP contribution is 2.54. The van der Waals surface area contributed by atoms with Crippen LogP contribution in [0.4, 0.5) is 4.39 Å². The number of carbonyl (C=O) groups excluding carboxylic acids is 1. The number of benzene rings is 4. The van der Waals surface area contributed by atoms with Crippen molar-refractivity contribution in [1.82, 2.24) is 25.5 Å². The number of nitrogens with one attached hydrogen (secondary N) is 1. The number of ether oxygens (including phenoxy) is 2. The van der Waals surface area contributed by atoms with E-state index < -0.39 is 0 Å². The normalized spacial score (nSPS) is 16.6. The molecule has 0 saturated carbocycles. The second-order valence-electron chi connectivity index (χ2n) is 9.52. The Morgan fingerprint density at radius 1 is 0.923 bits per heavy atom. The van der Waals surface area contributed by atoms with Crippen molar-refractivity contribution in [3.63, 3.8) is 0 Å². The molecule has 2 atom stereocenters. The minimum Gasteiger partial charge on any atom is -0.497 e. The van der Waals surface area contributed by atoms with Crippen molar-refractivity contribution in [3.8, 4) is 22.6 Å². The fraction of sp³-hybridized carbons (Fsp3) is 0.133. The van der Waals surface area contributed by atoms with Gasteiger partial charge in [-0.3, -0.25) is 4.79 Å². The second kappa shape index (κ2) is 9.14. The number of methoxy groups -OCH3 is 1. The number of amides is 1. The van der Waals surface area contributed by atoms with Crippen molar-refractivity contribution in [2.45, 2.75) is 18.8 Å². The molecular formula is C30H22FN5O3. The van der Waals surface area contributed by atoms with Crippen LogP contribution in [0.5, 0.6) is 5.75 Å². The molecule has 5 aromatic rings. The molecule has 0 aliphatic carbocycles. The standard InChI is InChI=1S/C30H22FN5O3/c1-38-22-8-11-27(36-16-33-34-35-36)20(12-22)15-32-30(37)19-5-10-24-26(14-19)29-23-9-4-18(13-25(23)28(24)39-29)17-2-6-21(31)7-3-17/h2-14,16,28-29H,15H2,1H3,(H,32,37). The van der Waals surface area contributed by atoms with E-state index in [1.807, 2.05) is 42.5 Å². The third-order valence-electron chi connectivity index (χ3n) is 7.34. The molecule has 2 bridgehead atoms. The van der Waals surface area contributed by atoms with E-state index in [0.717, 1.165) is 44.6 Å². The summed E-state index contributed by atoms with van der Waals surface area (Å²) in [6, 6.07) is 23.9. The van der Waals surface area contributed by atoms with Crippen LogP contribution in [0, 0.1) is 5.82 Å². The van der Waals surface area contributed by atoms with Gasteiger partial charge in [0.1, 0.15) is 30.1 Å². The van der Waals surface area contributed by atoms with Gasteiger partial charge >= 0.3 is 0 Å². The van der Waals surface area contributed by atoms with E-state index in [4.69, 9.17) is 9.47 Å². The molecule has 4 aromatic carbocycles. The molecule has 1 aromatic heterocycles. The van der Waals surface area contributed by atoms with Gasteiger partial charge in [0.25, 0.3) is 5.91 Å². The molecule has 8 nitrogen and oxygen atoms in total. The van der Waals surface area contributed by atoms with Crippen LogP contribution < -0.4 is 10.1 Å². The van der Waals surface area contributed by atoms with Gasteiger partial charge < -0.3 is 14.8 Å². The van der Waals surface area contributed by atoms with Crippen molar-refractivity contribution >= 4 is 5.91 Å². The zero-order chi connectivity index (χ0) is 26.5. The summed E-state index contributed by atoms with van der Waals surface area (Å²) in [6.45, 7) is 0.264. The zero-order valence-corrected chi connectivity index (χ0v) is 20.8. The Kier molecular flexibility index (Phi) is 5.45. The van der Waals surface area contributed by atoms with Gasteiger partial charge in [0.15, 0.2) is 0 Å². The lowest BCUT2D eigenvalue weighted by molar-refractivity contribution is 0.0857. The maximum absolute atomic E-state index is 13.4. The number of fused-ring (bicyclic) bond motifs is 8. The molecule has 1 N–H and O–H groups in total. The van der Waals surface area contributed by atoms with Crippen LogP contribution in [0.1, 0.15) is 50.4 Å². The molecule has 2 unspecified atom stereocenters. The van der Waals surface area contributed by atoms with Crippen LogP contribution in [0.15, 0.2) is 85.2 Å². The number of halogens is 1. The summed E-state index contributed by atoms with van der Waals surface area (Å²) in [6.07, 6.45) is 1.09. The Labute approximate surface area is 223 Å². The topological polar surface area (TPSA) is 91.2 Å². The number of hydrogen-bond donors (Lipinski definition) is 1. The number of nitrogens with zero attached hydrogens (tertiary/aromatic N) is 4. The SMILES string of the molecule is COc1ccc(-n2cnnn2)c(CNC(=O)c2ccc3c(c2)C2OC3c3cc(-c4ccc(F)cc4)ccc32)c1. The number of aromatic nitrogens is 4. The first kappa shape index (κ1) is 23.2. The molecule has 0 radical (unpaired) electrons. The fourth-order valence-electron chi connectivity index (χ4n) is 5.41. The molecular weight excluding hydrogens is 497 g/mol. The van der Waals surface area contributed by atoms with E-state index in [2.05, 4.69) is 33.0 Å². The maximum atomic E-state index is 13.4. The summed E-state index contributed by atoms with van der Waals surface area (Å²) in [7, 11) is 1.59. The first-order chi connectivity index (χ1) is 19.1. The average molecular weight is 520 g/mol. The Morgan fingerprint density at radius 3 is 2.41 bits per heavy atom. The first-order valence-corrected chi connectivity index (χ1v) is 12.5. The van der Waals surface area contributed by atoms with Crippen LogP contribution in [0.25, 0.3) is 16.8 Å². The first-order valence-electron chi connectivity index (χ1n) is 12.5. The highest BCUT2D eigenvalue weighted by atomic mass is 19.1. The monoisotopic (exact) mass is 519 g/mol. The summed E-state index contributed by atoms with van der Waals surface area (Å²) in [5.41, 5.74) is 8.36. The van der Waals surface area contributed by atoms with E-state index in [1.165, 1.54) is 18.5 Å². The summed E-state index contributed by atoms with van der Waals surface area (Å²) >= 11 is 0. The fourth-order valence-corrected chi connectivity index (χ4v) is 5.41. The largest absolute Gasteiger partial charge is 0.497 e. The predicted molar refractivity (Wildman–Crippen MR) is 140 cm³/mol. The van der Waals surface area contributed by atoms with E-state index in [1.54, 1.807) is 23.9 Å². The number of tetrazole rings is 1. The van der Waals surface area contributed by atoms with Gasteiger partial charge in [-0.2, -0.15) is 0 Å². The van der Waals surface area contributed by atoms with Gasteiger partial charge in [0.2, 0.25) is 0 Å². The summed E-state index contributed by atoms with van der Waals surface area (Å²) in [5.74, 6) is 0.216. The minimum atomic E-state index is -0.257. The van der Waals surface area contributed by atoms with Crippen LogP contribution in [0.2, 0.25) is 0 Å². The smallest absolute Gasteiger partial charge is 0.251 e. The van der Waals surface area contributed by atoms with Crippen LogP contribution in [-0.4, -0.2) is 33.2 Å². The molecule has 2 aliphatic rings. The molecule has 1 amide bonds. The molecule has 0 saturated heterocycles. The maximum Gasteiger partial charge on any atom is 0.251 e. The van der Waals surface area contributed by atoms with Gasteiger partial charge in [-0.1, -0.05) is 30.3 Å². The van der Waals surface area contributed by atoms with Crippen molar-refractivity contribution in [1.29, 1.82) is 0 Å². The van der Waals surface area contributed by atoms with Gasteiger partial charge in [0.05, 0.1) is 12.8 Å². The van der Waals surface area contributed by atoms with Crippen LogP contribution in [0.3, 0.4) is 0 Å². The molecule has 9 heteroatoms. The van der Waals surface area contributed by atoms with Gasteiger partial charge in [-0.05, 0) is 92.3 Å². The third-order valence-corrected chi connectivity index (χ3v) is 7.34. The van der Waals surface area contributed by atoms with E-state index in [0.29, 0.717) is 11.3 Å². The molecule has 7 rings (SSSR count). The third kappa shape index (κ3) is 3.95. The number of carbonyl (C=O) groups is 1. The molecule has 3 heterocycles. The Hall–Kier alpha value is -4.89. The van der Waals surface area contributed by atoms with Crippen molar-refractivity contribution in [2.75, 3.05) is 7.11 Å². The number of rotatable bonds is 6. The minimum absolute atomic E-state index is 0.187.